The Bertz CT molecular complexity index is 1270. The van der Waals surface area contributed by atoms with Gasteiger partial charge in [-0.1, -0.05) is 42.1 Å². The molecule has 2 unspecified atom stereocenters. The summed E-state index contributed by atoms with van der Waals surface area (Å²) in [7, 11) is 0. The van der Waals surface area contributed by atoms with Crippen molar-refractivity contribution in [3.63, 3.8) is 0 Å². The number of nitrogens with zero attached hydrogens (tertiary/aromatic N) is 3. The van der Waals surface area contributed by atoms with E-state index in [-0.39, 0.29) is 18.2 Å². The number of aryl methyl sites for hydroxylation is 1. The predicted molar refractivity (Wildman–Crippen MR) is 136 cm³/mol. The van der Waals surface area contributed by atoms with Gasteiger partial charge in [0.25, 0.3) is 0 Å². The van der Waals surface area contributed by atoms with Gasteiger partial charge < -0.3 is 0 Å². The fourth-order valence-corrected chi connectivity index (χ4v) is 5.97. The molecule has 0 bridgehead atoms. The second-order valence-corrected chi connectivity index (χ2v) is 10.7. The fraction of sp³-hybridized carbons (Fsp3) is 0.231. The average Bonchev–Trinajstić information content (AvgIpc) is 3.12. The second-order valence-electron chi connectivity index (χ2n) is 8.26. The number of hydrogen-bond donors (Lipinski definition) is 0. The molecule has 2 heterocycles. The highest BCUT2D eigenvalue weighted by atomic mass is 127. The van der Waals surface area contributed by atoms with E-state index in [9.17, 15) is 14.9 Å². The number of fused-ring (bicyclic) bond motifs is 1. The zero-order chi connectivity index (χ0) is 22.9. The monoisotopic (exact) mass is 565 g/mol. The van der Waals surface area contributed by atoms with Gasteiger partial charge in [0, 0.05) is 15.7 Å². The number of nitriles is 1. The highest BCUT2D eigenvalue weighted by Crippen LogP contribution is 2.38. The Kier molecular flexibility index (Phi) is 6.21. The van der Waals surface area contributed by atoms with Gasteiger partial charge in [-0.3, -0.25) is 9.59 Å². The first kappa shape index (κ1) is 22.1. The van der Waals surface area contributed by atoms with Crippen molar-refractivity contribution in [1.82, 2.24) is 4.98 Å². The molecule has 2 aromatic carbocycles. The first-order chi connectivity index (χ1) is 16.0. The molecular formula is C26H20IN3O2S. The van der Waals surface area contributed by atoms with Crippen LogP contribution in [-0.2, 0) is 22.4 Å². The number of hydrogen-bond acceptors (Lipinski definition) is 5. The normalized spacial score (nSPS) is 19.9. The number of carbonyl (C=O) groups is 2. The van der Waals surface area contributed by atoms with Gasteiger partial charge in [0.2, 0.25) is 11.8 Å². The molecule has 7 heteroatoms. The first-order valence-electron chi connectivity index (χ1n) is 10.8. The third-order valence-electron chi connectivity index (χ3n) is 6.19. The van der Waals surface area contributed by atoms with Crippen LogP contribution < -0.4 is 4.90 Å². The van der Waals surface area contributed by atoms with Crippen molar-refractivity contribution in [2.75, 3.05) is 4.90 Å². The van der Waals surface area contributed by atoms with Crippen LogP contribution in [0.1, 0.15) is 41.1 Å². The molecule has 0 saturated carbocycles. The number of anilines is 1. The van der Waals surface area contributed by atoms with Gasteiger partial charge in [0.15, 0.2) is 0 Å². The molecular weight excluding hydrogens is 545 g/mol. The molecule has 1 fully saturated rings. The maximum Gasteiger partial charge on any atom is 0.247 e. The topological polar surface area (TPSA) is 74.1 Å². The average molecular weight is 565 g/mol. The molecule has 1 aliphatic carbocycles. The van der Waals surface area contributed by atoms with Gasteiger partial charge in [-0.2, -0.15) is 5.26 Å². The van der Waals surface area contributed by atoms with Crippen molar-refractivity contribution in [3.05, 3.63) is 86.6 Å². The standard InChI is InChI=1S/C26H20IN3O2S/c27-20-7-9-21(10-8-20)30-24(31)14-23(26(30)32)33-25-19(15-28)13-18-12-17(6-11-22(18)29-25)16-4-2-1-3-5-16/h1-5,7-10,13,17,23H,6,11-12,14H2. The summed E-state index contributed by atoms with van der Waals surface area (Å²) in [5.74, 6) is -0.0540. The Labute approximate surface area is 210 Å². The minimum atomic E-state index is -0.574. The van der Waals surface area contributed by atoms with Crippen molar-refractivity contribution < 1.29 is 9.59 Å². The summed E-state index contributed by atoms with van der Waals surface area (Å²) in [6, 6.07) is 21.9. The predicted octanol–water partition coefficient (Wildman–Crippen LogP) is 5.25. The van der Waals surface area contributed by atoms with Crippen molar-refractivity contribution in [2.45, 2.75) is 41.9 Å². The third-order valence-corrected chi connectivity index (χ3v) is 8.09. The van der Waals surface area contributed by atoms with Crippen LogP contribution in [0, 0.1) is 14.9 Å². The van der Waals surface area contributed by atoms with E-state index in [4.69, 9.17) is 4.98 Å². The third kappa shape index (κ3) is 4.42. The van der Waals surface area contributed by atoms with Crippen LogP contribution in [0.2, 0.25) is 0 Å². The largest absolute Gasteiger partial charge is 0.274 e. The van der Waals surface area contributed by atoms with Crippen LogP contribution in [0.25, 0.3) is 0 Å². The molecule has 0 N–H and O–H groups in total. The van der Waals surface area contributed by atoms with E-state index in [1.165, 1.54) is 22.2 Å². The summed E-state index contributed by atoms with van der Waals surface area (Å²) in [4.78, 5) is 31.8. The van der Waals surface area contributed by atoms with E-state index in [0.717, 1.165) is 34.1 Å². The van der Waals surface area contributed by atoms with Gasteiger partial charge in [-0.15, -0.1) is 0 Å². The number of thioether (sulfide) groups is 1. The molecule has 1 saturated heterocycles. The van der Waals surface area contributed by atoms with Crippen LogP contribution >= 0.6 is 34.4 Å². The molecule has 3 aromatic rings. The van der Waals surface area contributed by atoms with Crippen LogP contribution in [-0.4, -0.2) is 22.0 Å². The molecule has 164 valence electrons. The zero-order valence-corrected chi connectivity index (χ0v) is 20.7. The lowest BCUT2D eigenvalue weighted by Crippen LogP contribution is -2.31. The molecule has 1 aromatic heterocycles. The van der Waals surface area contributed by atoms with Crippen molar-refractivity contribution in [1.29, 1.82) is 5.26 Å². The summed E-state index contributed by atoms with van der Waals surface area (Å²) in [5.41, 5.74) is 4.46. The molecule has 0 spiro atoms. The van der Waals surface area contributed by atoms with Crippen LogP contribution in [0.5, 0.6) is 0 Å². The molecule has 33 heavy (non-hydrogen) atoms. The molecule has 1 aliphatic heterocycles. The lowest BCUT2D eigenvalue weighted by molar-refractivity contribution is -0.121. The van der Waals surface area contributed by atoms with Crippen LogP contribution in [0.15, 0.2) is 65.7 Å². The SMILES string of the molecule is N#Cc1cc2c(nc1SC1CC(=O)N(c3ccc(I)cc3)C1=O)CCC(c1ccccc1)C2. The van der Waals surface area contributed by atoms with E-state index >= 15 is 0 Å². The fourth-order valence-electron chi connectivity index (χ4n) is 4.52. The lowest BCUT2D eigenvalue weighted by Gasteiger charge is -2.25. The lowest BCUT2D eigenvalue weighted by atomic mass is 9.82. The maximum absolute atomic E-state index is 13.1. The Morgan fingerprint density at radius 3 is 2.55 bits per heavy atom. The van der Waals surface area contributed by atoms with Gasteiger partial charge in [0.05, 0.1) is 16.5 Å². The highest BCUT2D eigenvalue weighted by molar-refractivity contribution is 14.1. The summed E-state index contributed by atoms with van der Waals surface area (Å²) in [5, 5.41) is 9.76. The maximum atomic E-state index is 13.1. The van der Waals surface area contributed by atoms with E-state index in [1.807, 2.05) is 24.3 Å². The van der Waals surface area contributed by atoms with E-state index in [0.29, 0.717) is 22.2 Å². The van der Waals surface area contributed by atoms with E-state index < -0.39 is 5.25 Å². The van der Waals surface area contributed by atoms with Crippen LogP contribution in [0.4, 0.5) is 5.69 Å². The number of amides is 2. The van der Waals surface area contributed by atoms with Crippen molar-refractivity contribution in [2.24, 2.45) is 0 Å². The number of aromatic nitrogens is 1. The Morgan fingerprint density at radius 2 is 1.82 bits per heavy atom. The zero-order valence-electron chi connectivity index (χ0n) is 17.7. The van der Waals surface area contributed by atoms with Gasteiger partial charge in [-0.25, -0.2) is 9.88 Å². The quantitative estimate of drug-likeness (QED) is 0.319. The van der Waals surface area contributed by atoms with E-state index in [1.54, 1.807) is 12.1 Å². The first-order valence-corrected chi connectivity index (χ1v) is 12.8. The van der Waals surface area contributed by atoms with Crippen molar-refractivity contribution >= 4 is 51.9 Å². The number of benzene rings is 2. The number of halogens is 1. The molecule has 5 nitrogen and oxygen atoms in total. The minimum absolute atomic E-state index is 0.106. The minimum Gasteiger partial charge on any atom is -0.274 e. The van der Waals surface area contributed by atoms with Gasteiger partial charge >= 0.3 is 0 Å². The van der Waals surface area contributed by atoms with Gasteiger partial charge in [-0.05, 0) is 89.2 Å². The smallest absolute Gasteiger partial charge is 0.247 e. The number of pyridine rings is 1. The number of rotatable bonds is 4. The summed E-state index contributed by atoms with van der Waals surface area (Å²) in [6.07, 6.45) is 2.80. The number of carbonyl (C=O) groups excluding carboxylic acids is 2. The Morgan fingerprint density at radius 1 is 1.06 bits per heavy atom. The molecule has 2 aliphatic rings. The summed E-state index contributed by atoms with van der Waals surface area (Å²) >= 11 is 3.43. The Balaban J connectivity index is 1.37. The molecule has 2 atom stereocenters. The summed E-state index contributed by atoms with van der Waals surface area (Å²) in [6.45, 7) is 0. The number of imide groups is 1. The van der Waals surface area contributed by atoms with Gasteiger partial charge in [0.1, 0.15) is 11.1 Å². The highest BCUT2D eigenvalue weighted by Gasteiger charge is 2.41. The molecule has 2 amide bonds. The van der Waals surface area contributed by atoms with Crippen LogP contribution in [0.3, 0.4) is 0 Å². The molecule has 5 rings (SSSR count). The van der Waals surface area contributed by atoms with E-state index in [2.05, 4.69) is 52.9 Å². The summed E-state index contributed by atoms with van der Waals surface area (Å²) < 4.78 is 1.03. The molecule has 0 radical (unpaired) electrons. The second kappa shape index (κ2) is 9.27. The van der Waals surface area contributed by atoms with Crippen molar-refractivity contribution in [3.8, 4) is 6.07 Å². The Hall–Kier alpha value is -2.70.